The summed E-state index contributed by atoms with van der Waals surface area (Å²) in [6, 6.07) is 0.355. The first-order chi connectivity index (χ1) is 5.97. The average molecular weight is 160 g/mol. The fourth-order valence-corrected chi connectivity index (χ4v) is 1.35. The summed E-state index contributed by atoms with van der Waals surface area (Å²) in [5, 5.41) is 6.40. The van der Waals surface area contributed by atoms with E-state index in [9.17, 15) is 0 Å². The van der Waals surface area contributed by atoms with Gasteiger partial charge in [-0.05, 0) is 30.1 Å². The molecule has 0 bridgehead atoms. The number of hydrogen-bond acceptors (Lipinski definition) is 2. The first-order valence-electron chi connectivity index (χ1n) is 4.16. The second-order valence-corrected chi connectivity index (χ2v) is 2.83. The van der Waals surface area contributed by atoms with Crippen molar-refractivity contribution in [2.24, 2.45) is 0 Å². The van der Waals surface area contributed by atoms with Gasteiger partial charge in [0.2, 0.25) is 0 Å². The highest BCUT2D eigenvalue weighted by atomic mass is 14.9. The van der Waals surface area contributed by atoms with E-state index >= 15 is 0 Å². The summed E-state index contributed by atoms with van der Waals surface area (Å²) in [5.74, 6) is 0. The van der Waals surface area contributed by atoms with Crippen molar-refractivity contribution >= 4 is 0 Å². The molecule has 12 heavy (non-hydrogen) atoms. The number of nitrogens with one attached hydrogen (secondary N) is 2. The second kappa shape index (κ2) is 3.30. The van der Waals surface area contributed by atoms with Crippen molar-refractivity contribution in [2.45, 2.75) is 6.04 Å². The summed E-state index contributed by atoms with van der Waals surface area (Å²) < 4.78 is 0. The Morgan fingerprint density at radius 3 is 2.92 bits per heavy atom. The molecule has 0 aromatic rings. The summed E-state index contributed by atoms with van der Waals surface area (Å²) in [5.41, 5.74) is 1.33. The number of hydrogen-bond donors (Lipinski definition) is 2. The smallest absolute Gasteiger partial charge is 0.0693 e. The Labute approximate surface area is 72.4 Å². The third-order valence-electron chi connectivity index (χ3n) is 2.00. The zero-order chi connectivity index (χ0) is 8.23. The molecule has 2 nitrogen and oxygen atoms in total. The van der Waals surface area contributed by atoms with E-state index in [1.807, 2.05) is 18.5 Å². The van der Waals surface area contributed by atoms with Crippen molar-refractivity contribution in [2.75, 3.05) is 6.54 Å². The van der Waals surface area contributed by atoms with Crippen molar-refractivity contribution in [1.82, 2.24) is 10.6 Å². The van der Waals surface area contributed by atoms with Crippen LogP contribution in [0.4, 0.5) is 0 Å². The van der Waals surface area contributed by atoms with Gasteiger partial charge in [0.25, 0.3) is 0 Å². The Morgan fingerprint density at radius 2 is 2.25 bits per heavy atom. The van der Waals surface area contributed by atoms with Gasteiger partial charge in [0.05, 0.1) is 6.04 Å². The Morgan fingerprint density at radius 1 is 1.25 bits per heavy atom. The summed E-state index contributed by atoms with van der Waals surface area (Å²) in [4.78, 5) is 0. The standard InChI is InChI=1S/C10H12N2/c1-2-6-12-10(3-1)9-4-7-11-8-5-9/h1-7,10-12H,8H2. The van der Waals surface area contributed by atoms with Crippen molar-refractivity contribution in [3.63, 3.8) is 0 Å². The molecule has 2 N–H and O–H groups in total. The highest BCUT2D eigenvalue weighted by Crippen LogP contribution is 2.10. The first kappa shape index (κ1) is 7.22. The van der Waals surface area contributed by atoms with Gasteiger partial charge in [0.15, 0.2) is 0 Å². The first-order valence-corrected chi connectivity index (χ1v) is 4.16. The molecule has 0 fully saturated rings. The van der Waals surface area contributed by atoms with Crippen LogP contribution in [0, 0.1) is 0 Å². The van der Waals surface area contributed by atoms with Crippen LogP contribution < -0.4 is 10.6 Å². The number of allylic oxidation sites excluding steroid dienone is 2. The minimum absolute atomic E-state index is 0.355. The lowest BCUT2D eigenvalue weighted by atomic mass is 10.0. The molecule has 2 aliphatic rings. The Bertz CT molecular complexity index is 272. The fraction of sp³-hybridized carbons (Fsp3) is 0.200. The van der Waals surface area contributed by atoms with Gasteiger partial charge in [0, 0.05) is 6.54 Å². The van der Waals surface area contributed by atoms with E-state index in [1.54, 1.807) is 0 Å². The van der Waals surface area contributed by atoms with Crippen LogP contribution in [0.1, 0.15) is 0 Å². The lowest BCUT2D eigenvalue weighted by Crippen LogP contribution is -2.27. The van der Waals surface area contributed by atoms with E-state index in [0.29, 0.717) is 6.04 Å². The summed E-state index contributed by atoms with van der Waals surface area (Å²) in [6.45, 7) is 0.932. The van der Waals surface area contributed by atoms with Crippen LogP contribution in [-0.4, -0.2) is 12.6 Å². The minimum atomic E-state index is 0.355. The van der Waals surface area contributed by atoms with E-state index in [-0.39, 0.29) is 0 Å². The molecule has 0 aliphatic carbocycles. The van der Waals surface area contributed by atoms with Crippen LogP contribution in [0.2, 0.25) is 0 Å². The molecule has 1 unspecified atom stereocenters. The zero-order valence-corrected chi connectivity index (χ0v) is 6.83. The maximum atomic E-state index is 3.27. The minimum Gasteiger partial charge on any atom is -0.387 e. The lowest BCUT2D eigenvalue weighted by molar-refractivity contribution is 0.784. The highest BCUT2D eigenvalue weighted by molar-refractivity contribution is 5.34. The Balaban J connectivity index is 2.09. The van der Waals surface area contributed by atoms with Crippen molar-refractivity contribution < 1.29 is 0 Å². The van der Waals surface area contributed by atoms with Gasteiger partial charge in [-0.3, -0.25) is 0 Å². The fourth-order valence-electron chi connectivity index (χ4n) is 1.35. The predicted molar refractivity (Wildman–Crippen MR) is 50.4 cm³/mol. The molecule has 0 aromatic carbocycles. The van der Waals surface area contributed by atoms with E-state index in [2.05, 4.69) is 34.9 Å². The molecule has 0 saturated heterocycles. The van der Waals surface area contributed by atoms with Gasteiger partial charge in [-0.1, -0.05) is 18.2 Å². The third kappa shape index (κ3) is 1.42. The average Bonchev–Trinajstić information content (AvgIpc) is 2.21. The lowest BCUT2D eigenvalue weighted by Gasteiger charge is -2.19. The summed E-state index contributed by atoms with van der Waals surface area (Å²) in [6.07, 6.45) is 14.5. The molecule has 62 valence electrons. The maximum absolute atomic E-state index is 3.27. The Kier molecular flexibility index (Phi) is 1.99. The second-order valence-electron chi connectivity index (χ2n) is 2.83. The molecular formula is C10H12N2. The summed E-state index contributed by atoms with van der Waals surface area (Å²) in [7, 11) is 0. The summed E-state index contributed by atoms with van der Waals surface area (Å²) >= 11 is 0. The normalized spacial score (nSPS) is 26.0. The molecule has 0 radical (unpaired) electrons. The topological polar surface area (TPSA) is 24.1 Å². The molecule has 1 atom stereocenters. The molecule has 2 heteroatoms. The maximum Gasteiger partial charge on any atom is 0.0693 e. The molecule has 2 heterocycles. The van der Waals surface area contributed by atoms with E-state index < -0.39 is 0 Å². The van der Waals surface area contributed by atoms with Gasteiger partial charge in [-0.25, -0.2) is 0 Å². The SMILES string of the molecule is C1=CNC(C2=CCNC=C2)C=C1. The third-order valence-corrected chi connectivity index (χ3v) is 2.00. The van der Waals surface area contributed by atoms with E-state index in [0.717, 1.165) is 6.54 Å². The van der Waals surface area contributed by atoms with Crippen LogP contribution in [-0.2, 0) is 0 Å². The number of dihydropyridines is 2. The predicted octanol–water partition coefficient (Wildman–Crippen LogP) is 1.07. The largest absolute Gasteiger partial charge is 0.387 e. The van der Waals surface area contributed by atoms with E-state index in [1.165, 1.54) is 5.57 Å². The monoisotopic (exact) mass is 160 g/mol. The van der Waals surface area contributed by atoms with Crippen LogP contribution in [0.5, 0.6) is 0 Å². The van der Waals surface area contributed by atoms with E-state index in [4.69, 9.17) is 0 Å². The van der Waals surface area contributed by atoms with Crippen molar-refractivity contribution in [3.05, 3.63) is 48.4 Å². The quantitative estimate of drug-likeness (QED) is 0.599. The molecule has 0 spiro atoms. The molecule has 0 amide bonds. The van der Waals surface area contributed by atoms with Crippen LogP contribution >= 0.6 is 0 Å². The van der Waals surface area contributed by atoms with Crippen LogP contribution in [0.15, 0.2) is 48.4 Å². The van der Waals surface area contributed by atoms with Gasteiger partial charge in [0.1, 0.15) is 0 Å². The van der Waals surface area contributed by atoms with Gasteiger partial charge < -0.3 is 10.6 Å². The van der Waals surface area contributed by atoms with Crippen LogP contribution in [0.25, 0.3) is 0 Å². The Hall–Kier alpha value is -1.44. The molecule has 2 aliphatic heterocycles. The molecular weight excluding hydrogens is 148 g/mol. The molecule has 0 aromatic heterocycles. The van der Waals surface area contributed by atoms with Crippen molar-refractivity contribution in [1.29, 1.82) is 0 Å². The van der Waals surface area contributed by atoms with Crippen molar-refractivity contribution in [3.8, 4) is 0 Å². The van der Waals surface area contributed by atoms with Gasteiger partial charge in [-0.15, -0.1) is 0 Å². The zero-order valence-electron chi connectivity index (χ0n) is 6.83. The molecule has 0 saturated carbocycles. The van der Waals surface area contributed by atoms with Gasteiger partial charge in [-0.2, -0.15) is 0 Å². The highest BCUT2D eigenvalue weighted by Gasteiger charge is 2.08. The van der Waals surface area contributed by atoms with Crippen LogP contribution in [0.3, 0.4) is 0 Å². The van der Waals surface area contributed by atoms with Gasteiger partial charge >= 0.3 is 0 Å². The number of rotatable bonds is 1. The molecule has 2 rings (SSSR count).